The monoisotopic (exact) mass is 782 g/mol. The summed E-state index contributed by atoms with van der Waals surface area (Å²) in [6.45, 7) is 2.47. The molecule has 10 aromatic rings. The van der Waals surface area contributed by atoms with E-state index in [4.69, 9.17) is 8.83 Å². The van der Waals surface area contributed by atoms with Crippen molar-refractivity contribution >= 4 is 80.3 Å². The first-order valence-corrected chi connectivity index (χ1v) is 24.7. The summed E-state index contributed by atoms with van der Waals surface area (Å²) >= 11 is 0. The fourth-order valence-corrected chi connectivity index (χ4v) is 23.7. The van der Waals surface area contributed by atoms with Crippen molar-refractivity contribution in [3.05, 3.63) is 162 Å². The second-order valence-corrected chi connectivity index (χ2v) is 23.9. The zero-order valence-electron chi connectivity index (χ0n) is 32.3. The summed E-state index contributed by atoms with van der Waals surface area (Å²) in [7, 11) is -2.87. The van der Waals surface area contributed by atoms with Gasteiger partial charge in [0.2, 0.25) is 0 Å². The minimum Gasteiger partial charge on any atom is -0.455 e. The van der Waals surface area contributed by atoms with Crippen LogP contribution in [-0.4, -0.2) is 17.1 Å². The maximum Gasteiger partial charge on any atom is 0.144 e. The van der Waals surface area contributed by atoms with Crippen LogP contribution in [0.3, 0.4) is 0 Å². The molecule has 5 heterocycles. The molecule has 2 atom stereocenters. The first kappa shape index (κ1) is 32.1. The minimum absolute atomic E-state index is 0.954. The second-order valence-electron chi connectivity index (χ2n) is 16.7. The standard InChI is InChI=1S/C54H38O2S2/c1-3-58-30-57(2)45-28-41(35-22-12-16-31-14-4-6-18-33(31)35)47-37-20-8-10-24-43(37)55-51(47)49(45)39-26-27-40(54(58)53(39)57)50-46(58)29-42(36-23-13-17-32-15-5-7-19-34(32)36)48-38-21-9-11-25-44(38)56-52(48)50/h4-12,14-16,18-29H,3,13,17,30H2,1-2H3. The summed E-state index contributed by atoms with van der Waals surface area (Å²) < 4.78 is 14.2. The Morgan fingerprint density at radius 1 is 0.534 bits per heavy atom. The number of hydrogen-bond donors (Lipinski definition) is 0. The molecule has 0 spiro atoms. The Bertz CT molecular complexity index is 3560. The molecule has 2 aromatic heterocycles. The average molecular weight is 783 g/mol. The Kier molecular flexibility index (Phi) is 6.06. The van der Waals surface area contributed by atoms with E-state index in [9.17, 15) is 0 Å². The number of aryl methyl sites for hydroxylation is 1. The molecule has 0 bridgehead atoms. The zero-order chi connectivity index (χ0) is 38.1. The molecule has 1 aliphatic carbocycles. The fourth-order valence-electron chi connectivity index (χ4n) is 11.6. The highest BCUT2D eigenvalue weighted by Gasteiger charge is 2.56. The van der Waals surface area contributed by atoms with Gasteiger partial charge >= 0.3 is 0 Å². The van der Waals surface area contributed by atoms with Gasteiger partial charge in [0.15, 0.2) is 0 Å². The lowest BCUT2D eigenvalue weighted by molar-refractivity contribution is 0.668. The lowest BCUT2D eigenvalue weighted by Crippen LogP contribution is -2.07. The van der Waals surface area contributed by atoms with Crippen LogP contribution in [0.25, 0.3) is 93.6 Å². The van der Waals surface area contributed by atoms with Crippen molar-refractivity contribution in [2.75, 3.05) is 17.1 Å². The lowest BCUT2D eigenvalue weighted by Gasteiger charge is -2.39. The van der Waals surface area contributed by atoms with Gasteiger partial charge in [0.25, 0.3) is 0 Å². The normalized spacial score (nSPS) is 21.9. The van der Waals surface area contributed by atoms with E-state index in [1.165, 1.54) is 97.8 Å². The van der Waals surface area contributed by atoms with Crippen LogP contribution in [0.15, 0.2) is 174 Å². The van der Waals surface area contributed by atoms with Crippen molar-refractivity contribution in [1.29, 1.82) is 0 Å². The van der Waals surface area contributed by atoms with Crippen molar-refractivity contribution in [2.24, 2.45) is 0 Å². The predicted octanol–water partition coefficient (Wildman–Crippen LogP) is 15.7. The number of rotatable bonds is 3. The third-order valence-electron chi connectivity index (χ3n) is 14.0. The molecule has 0 radical (unpaired) electrons. The smallest absolute Gasteiger partial charge is 0.144 e. The van der Waals surface area contributed by atoms with Crippen LogP contribution in [0.5, 0.6) is 0 Å². The van der Waals surface area contributed by atoms with Crippen molar-refractivity contribution in [1.82, 2.24) is 0 Å². The SMILES string of the molecule is CCS12CS3(C)c4cc(-c5cccc6ccccc56)c5c(oc6ccccc65)c4-c4ccc(c1c43)-c1c2cc(C2=CCCc3ccccc32)c2c1oc1ccccc12. The van der Waals surface area contributed by atoms with Crippen molar-refractivity contribution < 1.29 is 8.83 Å². The molecule has 3 aliphatic heterocycles. The minimum atomic E-state index is -1.45. The van der Waals surface area contributed by atoms with Crippen LogP contribution in [0.2, 0.25) is 0 Å². The summed E-state index contributed by atoms with van der Waals surface area (Å²) in [5, 5.41) is 8.60. The molecular formula is C54H38O2S2. The Balaban J connectivity index is 1.09. The molecule has 0 saturated heterocycles. The third kappa shape index (κ3) is 3.72. The zero-order valence-corrected chi connectivity index (χ0v) is 34.0. The maximum absolute atomic E-state index is 7.10. The van der Waals surface area contributed by atoms with Gasteiger partial charge in [0.05, 0.1) is 0 Å². The van der Waals surface area contributed by atoms with Gasteiger partial charge in [-0.2, -0.15) is 20.1 Å². The van der Waals surface area contributed by atoms with E-state index in [2.05, 4.69) is 159 Å². The van der Waals surface area contributed by atoms with Crippen LogP contribution < -0.4 is 0 Å². The molecule has 4 heteroatoms. The fraction of sp³-hybridized carbons (Fsp3) is 0.111. The van der Waals surface area contributed by atoms with Gasteiger partial charge in [-0.05, 0) is 93.3 Å². The predicted molar refractivity (Wildman–Crippen MR) is 246 cm³/mol. The summed E-state index contributed by atoms with van der Waals surface area (Å²) in [5.41, 5.74) is 17.6. The van der Waals surface area contributed by atoms with Crippen LogP contribution in [-0.2, 0) is 6.42 Å². The average Bonchev–Trinajstić information content (AvgIpc) is 4.04. The van der Waals surface area contributed by atoms with Crippen molar-refractivity contribution in [2.45, 2.75) is 39.3 Å². The summed E-state index contributed by atoms with van der Waals surface area (Å²) in [6, 6.07) is 52.2. The highest BCUT2D eigenvalue weighted by molar-refractivity contribution is 8.51. The van der Waals surface area contributed by atoms with Crippen LogP contribution in [0.4, 0.5) is 0 Å². The summed E-state index contributed by atoms with van der Waals surface area (Å²) in [4.78, 5) is 6.27. The molecule has 0 N–H and O–H groups in total. The number of fused-ring (bicyclic) bond motifs is 16. The molecule has 2 nitrogen and oxygen atoms in total. The molecule has 4 aliphatic rings. The van der Waals surface area contributed by atoms with Gasteiger partial charge in [-0.15, -0.1) is 0 Å². The molecule has 0 amide bonds. The van der Waals surface area contributed by atoms with Gasteiger partial charge in [0.1, 0.15) is 22.3 Å². The molecular weight excluding hydrogens is 745 g/mol. The summed E-state index contributed by atoms with van der Waals surface area (Å²) in [5.74, 6) is 1.12. The maximum atomic E-state index is 7.10. The van der Waals surface area contributed by atoms with E-state index in [0.29, 0.717) is 0 Å². The molecule has 2 unspecified atom stereocenters. The van der Waals surface area contributed by atoms with E-state index in [1.807, 2.05) is 0 Å². The number of furan rings is 2. The Hall–Kier alpha value is -5.94. The highest BCUT2D eigenvalue weighted by atomic mass is 32.3. The van der Waals surface area contributed by atoms with Crippen molar-refractivity contribution in [3.63, 3.8) is 0 Å². The van der Waals surface area contributed by atoms with Crippen LogP contribution in [0.1, 0.15) is 30.0 Å². The van der Waals surface area contributed by atoms with E-state index in [1.54, 1.807) is 9.79 Å². The third-order valence-corrected chi connectivity index (χ3v) is 23.6. The molecule has 278 valence electrons. The Morgan fingerprint density at radius 2 is 1.14 bits per heavy atom. The first-order valence-electron chi connectivity index (χ1n) is 20.5. The van der Waals surface area contributed by atoms with Crippen LogP contribution in [0, 0.1) is 0 Å². The van der Waals surface area contributed by atoms with Crippen LogP contribution >= 0.6 is 20.1 Å². The molecule has 0 saturated carbocycles. The largest absolute Gasteiger partial charge is 0.455 e. The molecule has 14 rings (SSSR count). The number of para-hydroxylation sites is 2. The first-order chi connectivity index (χ1) is 28.6. The van der Waals surface area contributed by atoms with Crippen molar-refractivity contribution in [3.8, 4) is 33.4 Å². The van der Waals surface area contributed by atoms with E-state index >= 15 is 0 Å². The van der Waals surface area contributed by atoms with Gasteiger partial charge in [-0.3, -0.25) is 0 Å². The highest BCUT2D eigenvalue weighted by Crippen LogP contribution is 2.91. The van der Waals surface area contributed by atoms with Gasteiger partial charge in [-0.25, -0.2) is 0 Å². The topological polar surface area (TPSA) is 26.3 Å². The Labute approximate surface area is 339 Å². The van der Waals surface area contributed by atoms with Gasteiger partial charge in [0, 0.05) is 68.5 Å². The number of allylic oxidation sites excluding steroid dienone is 1. The summed E-state index contributed by atoms with van der Waals surface area (Å²) in [6.07, 6.45) is 7.28. The second kappa shape index (κ2) is 11.0. The van der Waals surface area contributed by atoms with E-state index in [0.717, 1.165) is 46.0 Å². The number of benzene rings is 8. The quantitative estimate of drug-likeness (QED) is 0.178. The molecule has 0 fully saturated rings. The van der Waals surface area contributed by atoms with E-state index < -0.39 is 20.1 Å². The molecule has 58 heavy (non-hydrogen) atoms. The Morgan fingerprint density at radius 3 is 1.91 bits per heavy atom. The number of hydrogen-bond acceptors (Lipinski definition) is 2. The molecule has 8 aromatic carbocycles. The lowest BCUT2D eigenvalue weighted by atomic mass is 9.84. The van der Waals surface area contributed by atoms with E-state index in [-0.39, 0.29) is 0 Å². The van der Waals surface area contributed by atoms with Gasteiger partial charge in [-0.1, -0.05) is 128 Å². The van der Waals surface area contributed by atoms with Gasteiger partial charge < -0.3 is 8.83 Å².